The quantitative estimate of drug-likeness (QED) is 0.710. The normalized spacial score (nSPS) is 20.1. The van der Waals surface area contributed by atoms with Gasteiger partial charge in [0.05, 0.1) is 0 Å². The van der Waals surface area contributed by atoms with Gasteiger partial charge in [0, 0.05) is 42.9 Å². The highest BCUT2D eigenvalue weighted by molar-refractivity contribution is 7.89. The van der Waals surface area contributed by atoms with Crippen molar-refractivity contribution in [2.45, 2.75) is 24.2 Å². The van der Waals surface area contributed by atoms with Crippen molar-refractivity contribution >= 4 is 21.5 Å². The minimum absolute atomic E-state index is 0.0408. The number of carbonyl (C=O) groups excluding carboxylic acids is 1. The third kappa shape index (κ3) is 3.75. The summed E-state index contributed by atoms with van der Waals surface area (Å²) < 4.78 is 51.8. The van der Waals surface area contributed by atoms with E-state index in [0.29, 0.717) is 25.1 Å². The van der Waals surface area contributed by atoms with Gasteiger partial charge >= 0.3 is 0 Å². The molecule has 3 aliphatic rings. The van der Waals surface area contributed by atoms with Crippen molar-refractivity contribution in [2.75, 3.05) is 26.4 Å². The number of piperidine rings is 1. The molecule has 0 unspecified atom stereocenters. The van der Waals surface area contributed by atoms with Gasteiger partial charge in [-0.3, -0.25) is 4.79 Å². The number of nitrogens with zero attached hydrogens (tertiary/aromatic N) is 1. The van der Waals surface area contributed by atoms with Crippen molar-refractivity contribution in [1.29, 1.82) is 0 Å². The van der Waals surface area contributed by atoms with E-state index >= 15 is 0 Å². The number of allylic oxidation sites excluding steroid dienone is 1. The summed E-state index contributed by atoms with van der Waals surface area (Å²) >= 11 is 0. The molecular formula is C23H23FN2O5S. The summed E-state index contributed by atoms with van der Waals surface area (Å²) in [6.45, 7) is 1.26. The van der Waals surface area contributed by atoms with E-state index in [0.717, 1.165) is 35.1 Å². The molecule has 0 bridgehead atoms. The summed E-state index contributed by atoms with van der Waals surface area (Å²) in [6, 6.07) is 9.22. The molecule has 1 fully saturated rings. The van der Waals surface area contributed by atoms with E-state index in [1.807, 2.05) is 12.1 Å². The van der Waals surface area contributed by atoms with E-state index in [1.54, 1.807) is 6.08 Å². The van der Waals surface area contributed by atoms with Crippen molar-refractivity contribution in [3.63, 3.8) is 0 Å². The standard InChI is InChI=1S/C23H23FN2O5S/c24-18-3-1-2-4-23(18)32(28,29)26-9-6-15(7-10-26)20(27)13-19-17-12-22-21(30-14-31-22)11-16(17)5-8-25-19/h1-4,11-13,15,25H,5-10,14H2/b19-13-. The Hall–Kier alpha value is -2.91. The van der Waals surface area contributed by atoms with Crippen molar-refractivity contribution in [1.82, 2.24) is 9.62 Å². The Morgan fingerprint density at radius 1 is 1.12 bits per heavy atom. The van der Waals surface area contributed by atoms with Crippen molar-refractivity contribution in [3.05, 3.63) is 59.4 Å². The van der Waals surface area contributed by atoms with E-state index in [2.05, 4.69) is 5.32 Å². The van der Waals surface area contributed by atoms with Crippen LogP contribution in [0.2, 0.25) is 0 Å². The van der Waals surface area contributed by atoms with Gasteiger partial charge < -0.3 is 14.8 Å². The van der Waals surface area contributed by atoms with Gasteiger partial charge in [0.1, 0.15) is 10.7 Å². The summed E-state index contributed by atoms with van der Waals surface area (Å²) in [4.78, 5) is 12.7. The minimum Gasteiger partial charge on any atom is -0.454 e. The maximum absolute atomic E-state index is 14.0. The lowest BCUT2D eigenvalue weighted by atomic mass is 9.90. The van der Waals surface area contributed by atoms with Crippen LogP contribution in [0.5, 0.6) is 11.5 Å². The van der Waals surface area contributed by atoms with Gasteiger partial charge in [-0.25, -0.2) is 12.8 Å². The summed E-state index contributed by atoms with van der Waals surface area (Å²) in [7, 11) is -3.92. The number of hydrogen-bond donors (Lipinski definition) is 1. The van der Waals surface area contributed by atoms with Crippen molar-refractivity contribution in [3.8, 4) is 11.5 Å². The lowest BCUT2D eigenvalue weighted by Gasteiger charge is -2.30. The molecule has 2 aromatic rings. The molecule has 0 saturated carbocycles. The number of rotatable bonds is 4. The second kappa shape index (κ2) is 8.22. The smallest absolute Gasteiger partial charge is 0.245 e. The van der Waals surface area contributed by atoms with Crippen LogP contribution in [-0.2, 0) is 21.2 Å². The molecule has 5 rings (SSSR count). The summed E-state index contributed by atoms with van der Waals surface area (Å²) in [5.41, 5.74) is 2.77. The zero-order valence-electron chi connectivity index (χ0n) is 17.3. The number of benzene rings is 2. The second-order valence-corrected chi connectivity index (χ2v) is 10.0. The molecule has 168 valence electrons. The highest BCUT2D eigenvalue weighted by Gasteiger charge is 2.33. The number of fused-ring (bicyclic) bond motifs is 2. The van der Waals surface area contributed by atoms with E-state index in [9.17, 15) is 17.6 Å². The Labute approximate surface area is 185 Å². The Bertz CT molecular complexity index is 1200. The fourth-order valence-electron chi connectivity index (χ4n) is 4.43. The van der Waals surface area contributed by atoms with Gasteiger partial charge in [-0.05, 0) is 49.1 Å². The SMILES string of the molecule is O=C(/C=C1\NCCc2cc3c(cc21)OCO3)C1CCN(S(=O)(=O)c2ccccc2F)CC1. The van der Waals surface area contributed by atoms with Crippen LogP contribution in [0.4, 0.5) is 4.39 Å². The molecule has 0 spiro atoms. The fraction of sp³-hybridized carbons (Fsp3) is 0.348. The number of hydrogen-bond acceptors (Lipinski definition) is 6. The molecule has 9 heteroatoms. The number of sulfonamides is 1. The Kier molecular flexibility index (Phi) is 5.38. The zero-order valence-corrected chi connectivity index (χ0v) is 18.2. The number of ketones is 1. The molecule has 0 radical (unpaired) electrons. The first-order valence-electron chi connectivity index (χ1n) is 10.6. The van der Waals surface area contributed by atoms with Crippen LogP contribution in [0.15, 0.2) is 47.4 Å². The number of halogens is 1. The van der Waals surface area contributed by atoms with Gasteiger partial charge in [0.2, 0.25) is 16.8 Å². The Morgan fingerprint density at radius 3 is 2.59 bits per heavy atom. The average molecular weight is 459 g/mol. The molecule has 0 aromatic heterocycles. The average Bonchev–Trinajstić information content (AvgIpc) is 3.25. The first-order valence-corrected chi connectivity index (χ1v) is 12.0. The number of nitrogens with one attached hydrogen (secondary N) is 1. The number of carbonyl (C=O) groups is 1. The molecule has 1 N–H and O–H groups in total. The predicted octanol–water partition coefficient (Wildman–Crippen LogP) is 2.71. The Balaban J connectivity index is 1.30. The van der Waals surface area contributed by atoms with Crippen LogP contribution in [0.1, 0.15) is 24.0 Å². The molecule has 1 saturated heterocycles. The maximum Gasteiger partial charge on any atom is 0.245 e. The van der Waals surface area contributed by atoms with Crippen LogP contribution < -0.4 is 14.8 Å². The molecule has 2 aromatic carbocycles. The van der Waals surface area contributed by atoms with Gasteiger partial charge in [-0.15, -0.1) is 0 Å². The first-order chi connectivity index (χ1) is 15.4. The summed E-state index contributed by atoms with van der Waals surface area (Å²) in [6.07, 6.45) is 3.23. The first kappa shape index (κ1) is 21.0. The number of ether oxygens (including phenoxy) is 2. The molecule has 3 aliphatic heterocycles. The molecule has 0 amide bonds. The van der Waals surface area contributed by atoms with Gasteiger partial charge in [-0.1, -0.05) is 12.1 Å². The van der Waals surface area contributed by atoms with Crippen molar-refractivity contribution in [2.24, 2.45) is 5.92 Å². The van der Waals surface area contributed by atoms with Crippen LogP contribution >= 0.6 is 0 Å². The van der Waals surface area contributed by atoms with Gasteiger partial charge in [-0.2, -0.15) is 4.31 Å². The summed E-state index contributed by atoms with van der Waals surface area (Å²) in [5, 5.41) is 3.29. The monoisotopic (exact) mass is 458 g/mol. The lowest BCUT2D eigenvalue weighted by Crippen LogP contribution is -2.40. The van der Waals surface area contributed by atoms with Crippen LogP contribution in [0.3, 0.4) is 0 Å². The van der Waals surface area contributed by atoms with Crippen LogP contribution in [0, 0.1) is 11.7 Å². The van der Waals surface area contributed by atoms with E-state index in [-0.39, 0.29) is 36.5 Å². The third-order valence-corrected chi connectivity index (χ3v) is 8.13. The molecular weight excluding hydrogens is 435 g/mol. The highest BCUT2D eigenvalue weighted by atomic mass is 32.2. The lowest BCUT2D eigenvalue weighted by molar-refractivity contribution is -0.119. The molecule has 3 heterocycles. The highest BCUT2D eigenvalue weighted by Crippen LogP contribution is 2.38. The van der Waals surface area contributed by atoms with Crippen LogP contribution in [0.25, 0.3) is 5.70 Å². The Morgan fingerprint density at radius 2 is 1.84 bits per heavy atom. The van der Waals surface area contributed by atoms with Gasteiger partial charge in [0.25, 0.3) is 0 Å². The maximum atomic E-state index is 14.0. The van der Waals surface area contributed by atoms with E-state index in [4.69, 9.17) is 9.47 Å². The third-order valence-electron chi connectivity index (χ3n) is 6.20. The fourth-order valence-corrected chi connectivity index (χ4v) is 5.97. The molecule has 7 nitrogen and oxygen atoms in total. The summed E-state index contributed by atoms with van der Waals surface area (Å²) in [5.74, 6) is 0.298. The molecule has 32 heavy (non-hydrogen) atoms. The van der Waals surface area contributed by atoms with Gasteiger partial charge in [0.15, 0.2) is 17.3 Å². The minimum atomic E-state index is -3.92. The van der Waals surface area contributed by atoms with Crippen LogP contribution in [-0.4, -0.2) is 44.9 Å². The van der Waals surface area contributed by atoms with E-state index in [1.165, 1.54) is 22.5 Å². The van der Waals surface area contributed by atoms with Crippen molar-refractivity contribution < 1.29 is 27.1 Å². The zero-order chi connectivity index (χ0) is 22.3. The molecule has 0 aliphatic carbocycles. The second-order valence-electron chi connectivity index (χ2n) is 8.11. The largest absolute Gasteiger partial charge is 0.454 e. The topological polar surface area (TPSA) is 84.9 Å². The van der Waals surface area contributed by atoms with E-state index < -0.39 is 15.8 Å². The predicted molar refractivity (Wildman–Crippen MR) is 115 cm³/mol. The molecule has 0 atom stereocenters.